The number of fused-ring (bicyclic) bond motifs is 1. The van der Waals surface area contributed by atoms with Gasteiger partial charge in [0.25, 0.3) is 5.56 Å². The van der Waals surface area contributed by atoms with Crippen LogP contribution in [-0.2, 0) is 4.79 Å². The first-order valence-electron chi connectivity index (χ1n) is 3.37. The molecule has 7 heteroatoms. The van der Waals surface area contributed by atoms with Crippen LogP contribution in [0.2, 0.25) is 0 Å². The van der Waals surface area contributed by atoms with Gasteiger partial charge in [-0.15, -0.1) is 0 Å². The molecule has 0 saturated heterocycles. The van der Waals surface area contributed by atoms with Crippen LogP contribution in [0.3, 0.4) is 0 Å². The summed E-state index contributed by atoms with van der Waals surface area (Å²) in [6.07, 6.45) is 1.53. The molecule has 0 saturated carbocycles. The molecule has 7 nitrogen and oxygen atoms in total. The van der Waals surface area contributed by atoms with E-state index in [-0.39, 0.29) is 11.2 Å². The zero-order valence-corrected chi connectivity index (χ0v) is 6.27. The van der Waals surface area contributed by atoms with E-state index in [1.165, 1.54) is 6.33 Å². The minimum Gasteiger partial charge on any atom is -0.339 e. The van der Waals surface area contributed by atoms with Crippen molar-refractivity contribution in [2.75, 3.05) is 0 Å². The van der Waals surface area contributed by atoms with Crippen LogP contribution >= 0.6 is 0 Å². The third kappa shape index (κ3) is 0.901. The van der Waals surface area contributed by atoms with Crippen LogP contribution in [0.4, 0.5) is 0 Å². The summed E-state index contributed by atoms with van der Waals surface area (Å²) in [6, 6.07) is 0. The number of aromatic amines is 2. The molecule has 0 atom stereocenters. The fourth-order valence-electron chi connectivity index (χ4n) is 1.05. The third-order valence-corrected chi connectivity index (χ3v) is 1.62. The number of hydrogen-bond acceptors (Lipinski definition) is 4. The van der Waals surface area contributed by atoms with E-state index in [1.807, 2.05) is 4.98 Å². The van der Waals surface area contributed by atoms with Crippen molar-refractivity contribution in [1.82, 2.24) is 19.5 Å². The summed E-state index contributed by atoms with van der Waals surface area (Å²) in [5.74, 6) is 0. The van der Waals surface area contributed by atoms with Crippen LogP contribution in [0.5, 0.6) is 0 Å². The van der Waals surface area contributed by atoms with Crippen LogP contribution in [-0.4, -0.2) is 25.9 Å². The van der Waals surface area contributed by atoms with Crippen LogP contribution in [0.25, 0.3) is 11.2 Å². The Balaban J connectivity index is 3.14. The molecule has 0 aliphatic rings. The number of imidazole rings is 1. The standard InChI is InChI=1S/C6H4N4O3/c11-2-10-4-3(7-1-8-4)5(12)9-6(10)13/h1-2H,(H,7,8)(H,9,12,13). The SMILES string of the molecule is O=Cn1c(=O)[nH]c(=O)c2[nH]cnc21. The second kappa shape index (κ2) is 2.41. The first-order valence-corrected chi connectivity index (χ1v) is 3.37. The molecule has 2 N–H and O–H groups in total. The highest BCUT2D eigenvalue weighted by Crippen LogP contribution is 1.96. The minimum absolute atomic E-state index is 0.0313. The average Bonchev–Trinajstić information content (AvgIpc) is 2.53. The first kappa shape index (κ1) is 7.47. The molecule has 0 aromatic carbocycles. The molecule has 0 unspecified atom stereocenters. The summed E-state index contributed by atoms with van der Waals surface area (Å²) in [7, 11) is 0. The highest BCUT2D eigenvalue weighted by molar-refractivity contribution is 5.75. The lowest BCUT2D eigenvalue weighted by atomic mass is 10.5. The second-order valence-electron chi connectivity index (χ2n) is 2.34. The lowest BCUT2D eigenvalue weighted by molar-refractivity contribution is 0.546. The summed E-state index contributed by atoms with van der Waals surface area (Å²) in [5, 5.41) is 0. The van der Waals surface area contributed by atoms with Gasteiger partial charge in [0.05, 0.1) is 6.33 Å². The maximum absolute atomic E-state index is 11.1. The highest BCUT2D eigenvalue weighted by Gasteiger charge is 2.07. The van der Waals surface area contributed by atoms with E-state index in [0.717, 1.165) is 0 Å². The Morgan fingerprint density at radius 3 is 2.92 bits per heavy atom. The molecule has 2 rings (SSSR count). The number of hydrogen-bond donors (Lipinski definition) is 2. The van der Waals surface area contributed by atoms with Crippen LogP contribution in [0.15, 0.2) is 15.9 Å². The molecule has 66 valence electrons. The molecular weight excluding hydrogens is 176 g/mol. The molecule has 0 aliphatic heterocycles. The molecular formula is C6H4N4O3. The average molecular weight is 180 g/mol. The van der Waals surface area contributed by atoms with Crippen molar-refractivity contribution in [1.29, 1.82) is 0 Å². The zero-order chi connectivity index (χ0) is 9.42. The van der Waals surface area contributed by atoms with Gasteiger partial charge in [-0.2, -0.15) is 0 Å². The molecule has 0 radical (unpaired) electrons. The molecule has 0 aliphatic carbocycles. The fraction of sp³-hybridized carbons (Fsp3) is 0. The van der Waals surface area contributed by atoms with Crippen LogP contribution in [0, 0.1) is 0 Å². The number of nitrogens with one attached hydrogen (secondary N) is 2. The Bertz CT molecular complexity index is 575. The van der Waals surface area contributed by atoms with Gasteiger partial charge in [-0.05, 0) is 0 Å². The number of carbonyl (C=O) groups excluding carboxylic acids is 1. The molecule has 2 aromatic heterocycles. The summed E-state index contributed by atoms with van der Waals surface area (Å²) in [6.45, 7) is 0. The second-order valence-corrected chi connectivity index (χ2v) is 2.34. The van der Waals surface area contributed by atoms with E-state index in [4.69, 9.17) is 0 Å². The fourth-order valence-corrected chi connectivity index (χ4v) is 1.05. The van der Waals surface area contributed by atoms with E-state index in [0.29, 0.717) is 11.0 Å². The van der Waals surface area contributed by atoms with Gasteiger partial charge >= 0.3 is 5.69 Å². The normalized spacial score (nSPS) is 10.5. The van der Waals surface area contributed by atoms with Gasteiger partial charge in [0.1, 0.15) is 5.52 Å². The van der Waals surface area contributed by atoms with Crippen LogP contribution < -0.4 is 11.2 Å². The van der Waals surface area contributed by atoms with Crippen molar-refractivity contribution in [2.45, 2.75) is 0 Å². The maximum atomic E-state index is 11.1. The van der Waals surface area contributed by atoms with Crippen molar-refractivity contribution in [2.24, 2.45) is 0 Å². The smallest absolute Gasteiger partial charge is 0.336 e. The lowest BCUT2D eigenvalue weighted by Crippen LogP contribution is -2.30. The predicted octanol–water partition coefficient (Wildman–Crippen LogP) is -1.55. The molecule has 0 spiro atoms. The van der Waals surface area contributed by atoms with Gasteiger partial charge in [0.2, 0.25) is 6.41 Å². The molecule has 0 fully saturated rings. The number of rotatable bonds is 1. The predicted molar refractivity (Wildman–Crippen MR) is 43.1 cm³/mol. The van der Waals surface area contributed by atoms with Gasteiger partial charge in [-0.25, -0.2) is 14.3 Å². The van der Waals surface area contributed by atoms with Gasteiger partial charge in [-0.3, -0.25) is 14.6 Å². The van der Waals surface area contributed by atoms with Gasteiger partial charge in [-0.1, -0.05) is 0 Å². The number of nitrogens with zero attached hydrogens (tertiary/aromatic N) is 2. The molecule has 0 bridgehead atoms. The van der Waals surface area contributed by atoms with Crippen molar-refractivity contribution >= 4 is 17.6 Å². The molecule has 2 heterocycles. The van der Waals surface area contributed by atoms with Gasteiger partial charge in [0, 0.05) is 0 Å². The zero-order valence-electron chi connectivity index (χ0n) is 6.27. The number of aromatic nitrogens is 4. The van der Waals surface area contributed by atoms with Crippen molar-refractivity contribution < 1.29 is 4.79 Å². The summed E-state index contributed by atoms with van der Waals surface area (Å²) in [4.78, 5) is 40.7. The third-order valence-electron chi connectivity index (χ3n) is 1.62. The molecule has 13 heavy (non-hydrogen) atoms. The quantitative estimate of drug-likeness (QED) is 0.519. The van der Waals surface area contributed by atoms with E-state index in [9.17, 15) is 14.4 Å². The van der Waals surface area contributed by atoms with Crippen molar-refractivity contribution in [3.8, 4) is 0 Å². The Labute approximate surface area is 70.0 Å². The monoisotopic (exact) mass is 180 g/mol. The molecule has 0 amide bonds. The highest BCUT2D eigenvalue weighted by atomic mass is 16.2. The largest absolute Gasteiger partial charge is 0.339 e. The summed E-state index contributed by atoms with van der Waals surface area (Å²) < 4.78 is 0.716. The van der Waals surface area contributed by atoms with E-state index in [2.05, 4.69) is 9.97 Å². The summed E-state index contributed by atoms with van der Waals surface area (Å²) >= 11 is 0. The van der Waals surface area contributed by atoms with E-state index < -0.39 is 11.2 Å². The Kier molecular flexibility index (Phi) is 1.38. The van der Waals surface area contributed by atoms with E-state index in [1.54, 1.807) is 0 Å². The topological polar surface area (TPSA) is 101 Å². The minimum atomic E-state index is -0.792. The maximum Gasteiger partial charge on any atom is 0.336 e. The Morgan fingerprint density at radius 1 is 1.46 bits per heavy atom. The van der Waals surface area contributed by atoms with Gasteiger partial charge < -0.3 is 4.98 Å². The lowest BCUT2D eigenvalue weighted by Gasteiger charge is -1.93. The van der Waals surface area contributed by atoms with Crippen molar-refractivity contribution in [3.05, 3.63) is 27.2 Å². The molecule has 2 aromatic rings. The number of H-pyrrole nitrogens is 2. The Morgan fingerprint density at radius 2 is 2.23 bits per heavy atom. The number of carbonyl (C=O) groups is 1. The first-order chi connectivity index (χ1) is 6.24. The Hall–Kier alpha value is -2.18. The van der Waals surface area contributed by atoms with Gasteiger partial charge in [0.15, 0.2) is 5.65 Å². The summed E-state index contributed by atoms with van der Waals surface area (Å²) in [5.41, 5.74) is -1.24. The van der Waals surface area contributed by atoms with E-state index >= 15 is 0 Å². The van der Waals surface area contributed by atoms with Crippen LogP contribution in [0.1, 0.15) is 0 Å². The van der Waals surface area contributed by atoms with Crippen molar-refractivity contribution in [3.63, 3.8) is 0 Å².